The van der Waals surface area contributed by atoms with Crippen molar-refractivity contribution in [1.82, 2.24) is 9.97 Å². The van der Waals surface area contributed by atoms with Gasteiger partial charge < -0.3 is 10.5 Å². The van der Waals surface area contributed by atoms with Crippen LogP contribution in [-0.2, 0) is 6.54 Å². The van der Waals surface area contributed by atoms with Crippen molar-refractivity contribution in [2.24, 2.45) is 5.73 Å². The Morgan fingerprint density at radius 2 is 2.00 bits per heavy atom. The van der Waals surface area contributed by atoms with E-state index in [1.165, 1.54) is 0 Å². The topological polar surface area (TPSA) is 61.0 Å². The molecule has 2 N–H and O–H groups in total. The maximum Gasteiger partial charge on any atom is 0.233 e. The fourth-order valence-corrected chi connectivity index (χ4v) is 1.51. The van der Waals surface area contributed by atoms with Crippen LogP contribution >= 0.6 is 0 Å². The van der Waals surface area contributed by atoms with Gasteiger partial charge in [0.15, 0.2) is 0 Å². The molecular weight excluding hydrogens is 214 g/mol. The number of ether oxygens (including phenoxy) is 1. The zero-order valence-corrected chi connectivity index (χ0v) is 9.71. The molecule has 0 bridgehead atoms. The van der Waals surface area contributed by atoms with Gasteiger partial charge in [-0.05, 0) is 12.5 Å². The van der Waals surface area contributed by atoms with E-state index in [0.29, 0.717) is 12.4 Å². The van der Waals surface area contributed by atoms with Crippen LogP contribution in [-0.4, -0.2) is 9.97 Å². The second-order valence-corrected chi connectivity index (χ2v) is 3.72. The summed E-state index contributed by atoms with van der Waals surface area (Å²) < 4.78 is 5.71. The van der Waals surface area contributed by atoms with E-state index in [-0.39, 0.29) is 6.10 Å². The number of aromatic nitrogens is 2. The summed E-state index contributed by atoms with van der Waals surface area (Å²) in [5, 5.41) is 0. The van der Waals surface area contributed by atoms with E-state index in [1.807, 2.05) is 37.3 Å². The fraction of sp³-hybridized carbons (Fsp3) is 0.231. The SMILES string of the molecule is CC(Oc1cncc(CN)n1)c1ccccc1. The van der Waals surface area contributed by atoms with Gasteiger partial charge in [-0.1, -0.05) is 30.3 Å². The molecule has 4 nitrogen and oxygen atoms in total. The van der Waals surface area contributed by atoms with Crippen LogP contribution in [0.1, 0.15) is 24.3 Å². The zero-order chi connectivity index (χ0) is 12.1. The summed E-state index contributed by atoms with van der Waals surface area (Å²) in [6, 6.07) is 9.98. The van der Waals surface area contributed by atoms with E-state index in [1.54, 1.807) is 12.4 Å². The summed E-state index contributed by atoms with van der Waals surface area (Å²) >= 11 is 0. The van der Waals surface area contributed by atoms with Gasteiger partial charge >= 0.3 is 0 Å². The monoisotopic (exact) mass is 229 g/mol. The normalized spacial score (nSPS) is 12.1. The highest BCUT2D eigenvalue weighted by atomic mass is 16.5. The third kappa shape index (κ3) is 3.01. The van der Waals surface area contributed by atoms with Gasteiger partial charge in [0.25, 0.3) is 0 Å². The van der Waals surface area contributed by atoms with Crippen LogP contribution in [0.3, 0.4) is 0 Å². The van der Waals surface area contributed by atoms with E-state index in [2.05, 4.69) is 9.97 Å². The van der Waals surface area contributed by atoms with Crippen molar-refractivity contribution >= 4 is 0 Å². The molecule has 1 aromatic heterocycles. The van der Waals surface area contributed by atoms with Crippen molar-refractivity contribution in [1.29, 1.82) is 0 Å². The molecule has 0 amide bonds. The lowest BCUT2D eigenvalue weighted by Crippen LogP contribution is -2.07. The standard InChI is InChI=1S/C13H15N3O/c1-10(11-5-3-2-4-6-11)17-13-9-15-8-12(7-14)16-13/h2-6,8-10H,7,14H2,1H3. The van der Waals surface area contributed by atoms with Crippen LogP contribution in [0.4, 0.5) is 0 Å². The Bertz CT molecular complexity index is 473. The molecule has 0 radical (unpaired) electrons. The predicted molar refractivity (Wildman–Crippen MR) is 65.4 cm³/mol. The Balaban J connectivity index is 2.10. The summed E-state index contributed by atoms with van der Waals surface area (Å²) in [6.07, 6.45) is 3.18. The van der Waals surface area contributed by atoms with Crippen molar-refractivity contribution < 1.29 is 4.74 Å². The largest absolute Gasteiger partial charge is 0.469 e. The number of hydrogen-bond acceptors (Lipinski definition) is 4. The third-order valence-electron chi connectivity index (χ3n) is 2.44. The molecule has 4 heteroatoms. The summed E-state index contributed by atoms with van der Waals surface area (Å²) in [5.41, 5.74) is 7.33. The van der Waals surface area contributed by atoms with Crippen LogP contribution in [0, 0.1) is 0 Å². The first-order valence-electron chi connectivity index (χ1n) is 5.52. The van der Waals surface area contributed by atoms with Crippen molar-refractivity contribution in [3.8, 4) is 5.88 Å². The Labute approximate surface area is 100 Å². The van der Waals surface area contributed by atoms with Gasteiger partial charge in [0.05, 0.1) is 11.9 Å². The Morgan fingerprint density at radius 1 is 1.24 bits per heavy atom. The molecule has 0 saturated carbocycles. The maximum absolute atomic E-state index is 5.71. The molecule has 0 aliphatic heterocycles. The van der Waals surface area contributed by atoms with Gasteiger partial charge in [-0.25, -0.2) is 4.98 Å². The molecule has 0 aliphatic rings. The summed E-state index contributed by atoms with van der Waals surface area (Å²) in [4.78, 5) is 8.28. The molecule has 1 aromatic carbocycles. The number of rotatable bonds is 4. The van der Waals surface area contributed by atoms with Crippen LogP contribution in [0.2, 0.25) is 0 Å². The molecule has 17 heavy (non-hydrogen) atoms. The molecule has 0 aliphatic carbocycles. The highest BCUT2D eigenvalue weighted by Gasteiger charge is 2.07. The smallest absolute Gasteiger partial charge is 0.233 e. The minimum Gasteiger partial charge on any atom is -0.469 e. The van der Waals surface area contributed by atoms with Crippen LogP contribution in [0.5, 0.6) is 5.88 Å². The zero-order valence-electron chi connectivity index (χ0n) is 9.71. The van der Waals surface area contributed by atoms with E-state index in [0.717, 1.165) is 11.3 Å². The van der Waals surface area contributed by atoms with Crippen molar-refractivity contribution in [3.63, 3.8) is 0 Å². The second-order valence-electron chi connectivity index (χ2n) is 3.72. The average molecular weight is 229 g/mol. The van der Waals surface area contributed by atoms with Gasteiger partial charge in [-0.2, -0.15) is 0 Å². The number of nitrogens with two attached hydrogens (primary N) is 1. The minimum atomic E-state index is -0.0569. The first-order valence-corrected chi connectivity index (χ1v) is 5.52. The average Bonchev–Trinajstić information content (AvgIpc) is 2.40. The summed E-state index contributed by atoms with van der Waals surface area (Å²) in [6.45, 7) is 2.34. The maximum atomic E-state index is 5.71. The molecule has 88 valence electrons. The molecule has 0 fully saturated rings. The van der Waals surface area contributed by atoms with E-state index < -0.39 is 0 Å². The molecule has 1 unspecified atom stereocenters. The lowest BCUT2D eigenvalue weighted by atomic mass is 10.1. The lowest BCUT2D eigenvalue weighted by Gasteiger charge is -2.14. The predicted octanol–water partition coefficient (Wildman–Crippen LogP) is 2.08. The van der Waals surface area contributed by atoms with E-state index in [9.17, 15) is 0 Å². The number of benzene rings is 1. The summed E-state index contributed by atoms with van der Waals surface area (Å²) in [5.74, 6) is 0.504. The summed E-state index contributed by atoms with van der Waals surface area (Å²) in [7, 11) is 0. The van der Waals surface area contributed by atoms with Gasteiger partial charge in [0.1, 0.15) is 6.10 Å². The highest BCUT2D eigenvalue weighted by Crippen LogP contribution is 2.18. The quantitative estimate of drug-likeness (QED) is 0.871. The third-order valence-corrected chi connectivity index (χ3v) is 2.44. The minimum absolute atomic E-state index is 0.0569. The van der Waals surface area contributed by atoms with E-state index in [4.69, 9.17) is 10.5 Å². The Kier molecular flexibility index (Phi) is 3.67. The Hall–Kier alpha value is -1.94. The van der Waals surface area contributed by atoms with E-state index >= 15 is 0 Å². The molecular formula is C13H15N3O. The van der Waals surface area contributed by atoms with Crippen LogP contribution in [0.25, 0.3) is 0 Å². The fourth-order valence-electron chi connectivity index (χ4n) is 1.51. The number of hydrogen-bond donors (Lipinski definition) is 1. The molecule has 1 atom stereocenters. The lowest BCUT2D eigenvalue weighted by molar-refractivity contribution is 0.216. The molecule has 0 spiro atoms. The number of nitrogens with zero attached hydrogens (tertiary/aromatic N) is 2. The van der Waals surface area contributed by atoms with Crippen molar-refractivity contribution in [3.05, 3.63) is 54.0 Å². The van der Waals surface area contributed by atoms with Crippen LogP contribution in [0.15, 0.2) is 42.7 Å². The molecule has 0 saturated heterocycles. The van der Waals surface area contributed by atoms with Gasteiger partial charge in [0.2, 0.25) is 5.88 Å². The van der Waals surface area contributed by atoms with Crippen LogP contribution < -0.4 is 10.5 Å². The van der Waals surface area contributed by atoms with Crippen molar-refractivity contribution in [2.45, 2.75) is 19.6 Å². The van der Waals surface area contributed by atoms with Crippen molar-refractivity contribution in [2.75, 3.05) is 0 Å². The molecule has 2 rings (SSSR count). The highest BCUT2D eigenvalue weighted by molar-refractivity contribution is 5.18. The second kappa shape index (κ2) is 5.41. The Morgan fingerprint density at radius 3 is 2.71 bits per heavy atom. The molecule has 2 aromatic rings. The van der Waals surface area contributed by atoms with Gasteiger partial charge in [-0.15, -0.1) is 0 Å². The first-order chi connectivity index (χ1) is 8.29. The van der Waals surface area contributed by atoms with Gasteiger partial charge in [0, 0.05) is 12.7 Å². The van der Waals surface area contributed by atoms with Gasteiger partial charge in [-0.3, -0.25) is 4.98 Å². The molecule has 1 heterocycles. The first kappa shape index (κ1) is 11.5.